The van der Waals surface area contributed by atoms with Crippen LogP contribution < -0.4 is 11.1 Å². The Kier molecular flexibility index (Phi) is 4.03. The molecule has 1 amide bonds. The molecule has 0 aliphatic rings. The van der Waals surface area contributed by atoms with Crippen LogP contribution in [0.2, 0.25) is 0 Å². The third-order valence-corrected chi connectivity index (χ3v) is 3.17. The number of hydrogen-bond donors (Lipinski definition) is 2. The molecule has 0 fully saturated rings. The minimum absolute atomic E-state index is 0.135. The number of rotatable bonds is 3. The zero-order chi connectivity index (χ0) is 14.7. The molecule has 0 aromatic heterocycles. The number of nitrogen functional groups attached to an aromatic ring is 1. The van der Waals surface area contributed by atoms with E-state index in [0.717, 1.165) is 22.4 Å². The molecule has 2 aromatic carbocycles. The normalized spacial score (nSPS) is 10.3. The molecule has 20 heavy (non-hydrogen) atoms. The predicted molar refractivity (Wildman–Crippen MR) is 79.1 cm³/mol. The monoisotopic (exact) mass is 272 g/mol. The second-order valence-electron chi connectivity index (χ2n) is 4.88. The first-order chi connectivity index (χ1) is 9.45. The van der Waals surface area contributed by atoms with Crippen molar-refractivity contribution in [3.63, 3.8) is 0 Å². The van der Waals surface area contributed by atoms with Crippen molar-refractivity contribution in [2.24, 2.45) is 0 Å². The van der Waals surface area contributed by atoms with Gasteiger partial charge in [0.2, 0.25) is 5.91 Å². The van der Waals surface area contributed by atoms with E-state index >= 15 is 0 Å². The van der Waals surface area contributed by atoms with Gasteiger partial charge in [-0.25, -0.2) is 4.39 Å². The summed E-state index contributed by atoms with van der Waals surface area (Å²) in [6.07, 6.45) is 0.211. The Bertz CT molecular complexity index is 636. The van der Waals surface area contributed by atoms with Crippen LogP contribution in [-0.4, -0.2) is 5.91 Å². The number of carbonyl (C=O) groups excluding carboxylic acids is 1. The van der Waals surface area contributed by atoms with Gasteiger partial charge >= 0.3 is 0 Å². The van der Waals surface area contributed by atoms with Gasteiger partial charge in [-0.3, -0.25) is 4.79 Å². The fourth-order valence-corrected chi connectivity index (χ4v) is 1.96. The van der Waals surface area contributed by atoms with E-state index in [1.807, 2.05) is 26.0 Å². The van der Waals surface area contributed by atoms with Crippen LogP contribution in [0.25, 0.3) is 0 Å². The topological polar surface area (TPSA) is 55.1 Å². The Hall–Kier alpha value is -2.36. The maximum atomic E-state index is 12.8. The molecule has 4 heteroatoms. The van der Waals surface area contributed by atoms with Gasteiger partial charge in [0.1, 0.15) is 5.82 Å². The van der Waals surface area contributed by atoms with Crippen molar-refractivity contribution in [3.05, 3.63) is 58.9 Å². The van der Waals surface area contributed by atoms with Crippen molar-refractivity contribution in [2.45, 2.75) is 20.3 Å². The van der Waals surface area contributed by atoms with Gasteiger partial charge in [0.05, 0.1) is 6.42 Å². The number of hydrogen-bond acceptors (Lipinski definition) is 2. The summed E-state index contributed by atoms with van der Waals surface area (Å²) >= 11 is 0. The lowest BCUT2D eigenvalue weighted by molar-refractivity contribution is -0.115. The van der Waals surface area contributed by atoms with Crippen LogP contribution in [0.15, 0.2) is 36.4 Å². The Morgan fingerprint density at radius 3 is 2.45 bits per heavy atom. The summed E-state index contributed by atoms with van der Waals surface area (Å²) < 4.78 is 12.8. The minimum Gasteiger partial charge on any atom is -0.399 e. The van der Waals surface area contributed by atoms with E-state index in [9.17, 15) is 9.18 Å². The molecule has 0 saturated heterocycles. The highest BCUT2D eigenvalue weighted by Gasteiger charge is 2.08. The smallest absolute Gasteiger partial charge is 0.228 e. The number of amides is 1. The highest BCUT2D eigenvalue weighted by molar-refractivity contribution is 5.93. The summed E-state index contributed by atoms with van der Waals surface area (Å²) in [4.78, 5) is 12.0. The molecule has 104 valence electrons. The number of aryl methyl sites for hydroxylation is 2. The quantitative estimate of drug-likeness (QED) is 0.843. The largest absolute Gasteiger partial charge is 0.399 e. The van der Waals surface area contributed by atoms with Crippen LogP contribution in [0.1, 0.15) is 16.7 Å². The van der Waals surface area contributed by atoms with Crippen LogP contribution in [-0.2, 0) is 11.2 Å². The van der Waals surface area contributed by atoms with E-state index in [1.54, 1.807) is 12.1 Å². The Balaban J connectivity index is 2.08. The first-order valence-corrected chi connectivity index (χ1v) is 6.36. The molecule has 0 spiro atoms. The molecule has 0 unspecified atom stereocenters. The fourth-order valence-electron chi connectivity index (χ4n) is 1.96. The Morgan fingerprint density at radius 2 is 1.80 bits per heavy atom. The summed E-state index contributed by atoms with van der Waals surface area (Å²) in [6, 6.07) is 9.60. The molecule has 2 aromatic rings. The molecule has 3 N–H and O–H groups in total. The number of benzene rings is 2. The second-order valence-corrected chi connectivity index (χ2v) is 4.88. The average molecular weight is 272 g/mol. The number of nitrogens with two attached hydrogens (primary N) is 1. The standard InChI is InChI=1S/C16H17FN2O/c1-10-8-15(11(2)7-14(10)18)19-16(20)9-12-3-5-13(17)6-4-12/h3-8H,9,18H2,1-2H3,(H,19,20). The summed E-state index contributed by atoms with van der Waals surface area (Å²) in [7, 11) is 0. The van der Waals surface area contributed by atoms with Crippen molar-refractivity contribution in [2.75, 3.05) is 11.1 Å². The zero-order valence-corrected chi connectivity index (χ0v) is 11.5. The Labute approximate surface area is 117 Å². The summed E-state index contributed by atoms with van der Waals surface area (Å²) in [5, 5.41) is 2.85. The van der Waals surface area contributed by atoms with Gasteiger partial charge in [-0.15, -0.1) is 0 Å². The summed E-state index contributed by atoms with van der Waals surface area (Å²) in [5.41, 5.74) is 9.88. The maximum absolute atomic E-state index is 12.8. The average Bonchev–Trinajstić information content (AvgIpc) is 2.39. The lowest BCUT2D eigenvalue weighted by Crippen LogP contribution is -2.15. The lowest BCUT2D eigenvalue weighted by Gasteiger charge is -2.11. The van der Waals surface area contributed by atoms with Crippen LogP contribution in [0.3, 0.4) is 0 Å². The highest BCUT2D eigenvalue weighted by atomic mass is 19.1. The van der Waals surface area contributed by atoms with Gasteiger partial charge in [-0.1, -0.05) is 12.1 Å². The zero-order valence-electron chi connectivity index (χ0n) is 11.5. The SMILES string of the molecule is Cc1cc(NC(=O)Cc2ccc(F)cc2)c(C)cc1N. The molecule has 0 bridgehead atoms. The fraction of sp³-hybridized carbons (Fsp3) is 0.188. The van der Waals surface area contributed by atoms with Crippen molar-refractivity contribution in [1.82, 2.24) is 0 Å². The van der Waals surface area contributed by atoms with Gasteiger partial charge in [0.25, 0.3) is 0 Å². The van der Waals surface area contributed by atoms with Gasteiger partial charge in [-0.2, -0.15) is 0 Å². The van der Waals surface area contributed by atoms with Crippen LogP contribution in [0, 0.1) is 19.7 Å². The molecule has 3 nitrogen and oxygen atoms in total. The summed E-state index contributed by atoms with van der Waals surface area (Å²) in [5.74, 6) is -0.442. The molecule has 0 aliphatic heterocycles. The van der Waals surface area contributed by atoms with E-state index in [1.165, 1.54) is 12.1 Å². The number of carbonyl (C=O) groups is 1. The number of nitrogens with one attached hydrogen (secondary N) is 1. The van der Waals surface area contributed by atoms with Crippen LogP contribution >= 0.6 is 0 Å². The first-order valence-electron chi connectivity index (χ1n) is 6.36. The van der Waals surface area contributed by atoms with Crippen molar-refractivity contribution in [3.8, 4) is 0 Å². The highest BCUT2D eigenvalue weighted by Crippen LogP contribution is 2.22. The van der Waals surface area contributed by atoms with E-state index < -0.39 is 0 Å². The van der Waals surface area contributed by atoms with E-state index in [2.05, 4.69) is 5.32 Å². The molecule has 0 heterocycles. The third kappa shape index (κ3) is 3.35. The molecule has 2 rings (SSSR count). The van der Waals surface area contributed by atoms with E-state index in [0.29, 0.717) is 5.69 Å². The van der Waals surface area contributed by atoms with Gasteiger partial charge in [0.15, 0.2) is 0 Å². The van der Waals surface area contributed by atoms with E-state index in [-0.39, 0.29) is 18.1 Å². The van der Waals surface area contributed by atoms with Crippen LogP contribution in [0.4, 0.5) is 15.8 Å². The number of anilines is 2. The Morgan fingerprint density at radius 1 is 1.15 bits per heavy atom. The molecule has 0 saturated carbocycles. The van der Waals surface area contributed by atoms with Crippen molar-refractivity contribution < 1.29 is 9.18 Å². The molecule has 0 radical (unpaired) electrons. The lowest BCUT2D eigenvalue weighted by atomic mass is 10.1. The summed E-state index contributed by atoms with van der Waals surface area (Å²) in [6.45, 7) is 3.79. The molecule has 0 aliphatic carbocycles. The maximum Gasteiger partial charge on any atom is 0.228 e. The number of halogens is 1. The molecular weight excluding hydrogens is 255 g/mol. The van der Waals surface area contributed by atoms with Gasteiger partial charge < -0.3 is 11.1 Å². The van der Waals surface area contributed by atoms with Crippen LogP contribution in [0.5, 0.6) is 0 Å². The predicted octanol–water partition coefficient (Wildman–Crippen LogP) is 3.21. The third-order valence-electron chi connectivity index (χ3n) is 3.17. The minimum atomic E-state index is -0.306. The second kappa shape index (κ2) is 5.74. The molecule has 0 atom stereocenters. The van der Waals surface area contributed by atoms with Gasteiger partial charge in [0, 0.05) is 11.4 Å². The molecular formula is C16H17FN2O. The van der Waals surface area contributed by atoms with E-state index in [4.69, 9.17) is 5.73 Å². The van der Waals surface area contributed by atoms with Gasteiger partial charge in [-0.05, 0) is 54.8 Å². The van der Waals surface area contributed by atoms with Crippen molar-refractivity contribution >= 4 is 17.3 Å². The van der Waals surface area contributed by atoms with Crippen molar-refractivity contribution in [1.29, 1.82) is 0 Å². The first kappa shape index (κ1) is 14.1.